The summed E-state index contributed by atoms with van der Waals surface area (Å²) in [5.41, 5.74) is 2.06. The van der Waals surface area contributed by atoms with Gasteiger partial charge in [0, 0.05) is 32.1 Å². The molecule has 4 heterocycles. The van der Waals surface area contributed by atoms with Gasteiger partial charge in [-0.15, -0.1) is 0 Å². The SMILES string of the molecule is O=C(Cc1ccc(OCCC2C[C@@H]2C2CCN(c3ncc(Cl)cn3)CC2)cc1F)N1CCc2n[nH]nc2C1. The molecule has 1 saturated heterocycles. The summed E-state index contributed by atoms with van der Waals surface area (Å²) in [6.45, 7) is 3.49. The molecule has 0 spiro atoms. The van der Waals surface area contributed by atoms with Gasteiger partial charge in [-0.2, -0.15) is 15.4 Å². The predicted molar refractivity (Wildman–Crippen MR) is 139 cm³/mol. The first kappa shape index (κ1) is 25.0. The van der Waals surface area contributed by atoms with Gasteiger partial charge in [0.25, 0.3) is 0 Å². The second-order valence-corrected chi connectivity index (χ2v) is 11.0. The summed E-state index contributed by atoms with van der Waals surface area (Å²) in [5, 5.41) is 11.3. The van der Waals surface area contributed by atoms with E-state index in [-0.39, 0.29) is 12.3 Å². The lowest BCUT2D eigenvalue weighted by Crippen LogP contribution is -2.37. The van der Waals surface area contributed by atoms with Gasteiger partial charge in [-0.3, -0.25) is 4.79 Å². The Hall–Kier alpha value is -3.27. The number of rotatable bonds is 8. The summed E-state index contributed by atoms with van der Waals surface area (Å²) in [5.74, 6) is 2.90. The van der Waals surface area contributed by atoms with E-state index in [1.54, 1.807) is 29.4 Å². The minimum absolute atomic E-state index is 0.0199. The first-order chi connectivity index (χ1) is 18.5. The van der Waals surface area contributed by atoms with Crippen LogP contribution in [0.15, 0.2) is 30.6 Å². The number of ether oxygens (including phenoxy) is 1. The smallest absolute Gasteiger partial charge is 0.227 e. The van der Waals surface area contributed by atoms with Crippen LogP contribution in [0.1, 0.15) is 42.6 Å². The number of nitrogens with one attached hydrogen (secondary N) is 1. The monoisotopic (exact) mass is 539 g/mol. The maximum absolute atomic E-state index is 14.7. The van der Waals surface area contributed by atoms with E-state index >= 15 is 0 Å². The summed E-state index contributed by atoms with van der Waals surface area (Å²) in [6.07, 6.45) is 8.50. The number of piperidine rings is 1. The van der Waals surface area contributed by atoms with Gasteiger partial charge in [-0.25, -0.2) is 14.4 Å². The topological polar surface area (TPSA) is 100 Å². The number of benzene rings is 1. The van der Waals surface area contributed by atoms with Crippen LogP contribution in [0, 0.1) is 23.6 Å². The maximum Gasteiger partial charge on any atom is 0.227 e. The maximum atomic E-state index is 14.7. The number of carbonyl (C=O) groups excluding carboxylic acids is 1. The molecule has 38 heavy (non-hydrogen) atoms. The van der Waals surface area contributed by atoms with E-state index in [1.807, 2.05) is 0 Å². The fraction of sp³-hybridized carbons (Fsp3) is 0.519. The van der Waals surface area contributed by atoms with E-state index in [4.69, 9.17) is 16.3 Å². The fourth-order valence-electron chi connectivity index (χ4n) is 5.86. The van der Waals surface area contributed by atoms with Crippen LogP contribution in [0.4, 0.5) is 10.3 Å². The lowest BCUT2D eigenvalue weighted by atomic mass is 9.90. The van der Waals surface area contributed by atoms with Crippen LogP contribution in [0.5, 0.6) is 5.75 Å². The molecule has 1 saturated carbocycles. The summed E-state index contributed by atoms with van der Waals surface area (Å²) >= 11 is 5.90. The Kier molecular flexibility index (Phi) is 7.14. The Balaban J connectivity index is 0.921. The average Bonchev–Trinajstić information content (AvgIpc) is 3.55. The van der Waals surface area contributed by atoms with Crippen LogP contribution < -0.4 is 9.64 Å². The van der Waals surface area contributed by atoms with E-state index in [2.05, 4.69) is 30.3 Å². The highest BCUT2D eigenvalue weighted by molar-refractivity contribution is 6.30. The first-order valence-corrected chi connectivity index (χ1v) is 13.7. The zero-order valence-electron chi connectivity index (χ0n) is 21.2. The standard InChI is InChI=1S/C27H31ClFN7O2/c28-20-14-30-27(31-15-20)35-7-3-17(4-8-35)22-11-18(22)6-10-38-21-2-1-19(23(29)13-21)12-26(37)36-9-5-24-25(16-36)33-34-32-24/h1-2,13-15,17-18,22H,3-12,16H2,(H,32,33,34)/t18?,22-/m1/s1. The largest absolute Gasteiger partial charge is 0.493 e. The highest BCUT2D eigenvalue weighted by Crippen LogP contribution is 2.49. The van der Waals surface area contributed by atoms with Crippen molar-refractivity contribution in [3.8, 4) is 5.75 Å². The molecule has 200 valence electrons. The van der Waals surface area contributed by atoms with Crippen molar-refractivity contribution in [3.05, 3.63) is 58.4 Å². The molecule has 0 radical (unpaired) electrons. The lowest BCUT2D eigenvalue weighted by molar-refractivity contribution is -0.131. The molecule has 6 rings (SSSR count). The van der Waals surface area contributed by atoms with E-state index in [0.29, 0.717) is 48.4 Å². The van der Waals surface area contributed by atoms with Crippen LogP contribution in [0.2, 0.25) is 5.02 Å². The van der Waals surface area contributed by atoms with Gasteiger partial charge in [0.2, 0.25) is 11.9 Å². The molecule has 11 heteroatoms. The Bertz CT molecular complexity index is 1280. The van der Waals surface area contributed by atoms with Gasteiger partial charge in [0.05, 0.1) is 42.7 Å². The van der Waals surface area contributed by atoms with Crippen molar-refractivity contribution in [2.24, 2.45) is 17.8 Å². The average molecular weight is 540 g/mol. The third kappa shape index (κ3) is 5.60. The molecule has 2 aliphatic heterocycles. The van der Waals surface area contributed by atoms with E-state index in [1.165, 1.54) is 12.5 Å². The van der Waals surface area contributed by atoms with Crippen LogP contribution in [-0.4, -0.2) is 62.4 Å². The number of carbonyl (C=O) groups is 1. The summed E-state index contributed by atoms with van der Waals surface area (Å²) in [4.78, 5) is 25.3. The predicted octanol–water partition coefficient (Wildman–Crippen LogP) is 3.84. The van der Waals surface area contributed by atoms with E-state index in [0.717, 1.165) is 61.5 Å². The van der Waals surface area contributed by atoms with Crippen molar-refractivity contribution >= 4 is 23.5 Å². The summed E-state index contributed by atoms with van der Waals surface area (Å²) < 4.78 is 20.6. The zero-order chi connectivity index (χ0) is 26.1. The highest BCUT2D eigenvalue weighted by atomic mass is 35.5. The van der Waals surface area contributed by atoms with Gasteiger partial charge in [0.15, 0.2) is 0 Å². The molecule has 1 aromatic carbocycles. The number of halogens is 2. The number of hydrogen-bond acceptors (Lipinski definition) is 7. The molecular formula is C27H31ClFN7O2. The molecule has 1 N–H and O–H groups in total. The van der Waals surface area contributed by atoms with Gasteiger partial charge in [-0.05, 0) is 55.1 Å². The molecule has 9 nitrogen and oxygen atoms in total. The summed E-state index contributed by atoms with van der Waals surface area (Å²) in [6, 6.07) is 4.82. The van der Waals surface area contributed by atoms with Gasteiger partial charge in [-0.1, -0.05) is 17.7 Å². The number of H-pyrrole nitrogens is 1. The van der Waals surface area contributed by atoms with E-state index < -0.39 is 5.82 Å². The van der Waals surface area contributed by atoms with Crippen LogP contribution in [0.3, 0.4) is 0 Å². The lowest BCUT2D eigenvalue weighted by Gasteiger charge is -2.32. The molecule has 1 unspecified atom stereocenters. The first-order valence-electron chi connectivity index (χ1n) is 13.3. The Labute approximate surface area is 225 Å². The molecule has 2 fully saturated rings. The minimum atomic E-state index is -0.407. The molecule has 2 aromatic heterocycles. The summed E-state index contributed by atoms with van der Waals surface area (Å²) in [7, 11) is 0. The van der Waals surface area contributed by atoms with Gasteiger partial charge < -0.3 is 14.5 Å². The third-order valence-electron chi connectivity index (χ3n) is 8.15. The number of aromatic amines is 1. The van der Waals surface area contributed by atoms with Crippen LogP contribution >= 0.6 is 11.6 Å². The normalized spacial score (nSPS) is 21.3. The van der Waals surface area contributed by atoms with Crippen molar-refractivity contribution < 1.29 is 13.9 Å². The zero-order valence-corrected chi connectivity index (χ0v) is 21.9. The fourth-order valence-corrected chi connectivity index (χ4v) is 5.95. The van der Waals surface area contributed by atoms with Crippen LogP contribution in [-0.2, 0) is 24.2 Å². The second-order valence-electron chi connectivity index (χ2n) is 10.5. The number of amides is 1. The quantitative estimate of drug-likeness (QED) is 0.464. The molecule has 3 aromatic rings. The number of aromatic nitrogens is 5. The molecule has 3 aliphatic rings. The molecule has 0 bridgehead atoms. The Morgan fingerprint density at radius 3 is 2.71 bits per heavy atom. The van der Waals surface area contributed by atoms with Gasteiger partial charge >= 0.3 is 0 Å². The second kappa shape index (κ2) is 10.8. The number of fused-ring (bicyclic) bond motifs is 1. The molecule has 2 atom stereocenters. The van der Waals surface area contributed by atoms with E-state index in [9.17, 15) is 9.18 Å². The van der Waals surface area contributed by atoms with Crippen molar-refractivity contribution in [2.45, 2.75) is 45.1 Å². The van der Waals surface area contributed by atoms with Gasteiger partial charge in [0.1, 0.15) is 17.3 Å². The molecule has 1 amide bonds. The molecular weight excluding hydrogens is 509 g/mol. The van der Waals surface area contributed by atoms with Crippen molar-refractivity contribution in [1.82, 2.24) is 30.3 Å². The minimum Gasteiger partial charge on any atom is -0.493 e. The third-order valence-corrected chi connectivity index (χ3v) is 8.35. The Morgan fingerprint density at radius 1 is 1.13 bits per heavy atom. The van der Waals surface area contributed by atoms with Crippen LogP contribution in [0.25, 0.3) is 0 Å². The molecule has 1 aliphatic carbocycles. The van der Waals surface area contributed by atoms with Crippen molar-refractivity contribution in [3.63, 3.8) is 0 Å². The van der Waals surface area contributed by atoms with Crippen molar-refractivity contribution in [2.75, 3.05) is 31.1 Å². The Morgan fingerprint density at radius 2 is 1.92 bits per heavy atom. The number of hydrogen-bond donors (Lipinski definition) is 1. The van der Waals surface area contributed by atoms with Crippen molar-refractivity contribution in [1.29, 1.82) is 0 Å². The number of nitrogens with zero attached hydrogens (tertiary/aromatic N) is 6. The number of anilines is 1. The highest BCUT2D eigenvalue weighted by Gasteiger charge is 2.43.